The molecule has 3 heterocycles. The third-order valence-corrected chi connectivity index (χ3v) is 6.80. The van der Waals surface area contributed by atoms with Crippen molar-refractivity contribution in [2.45, 2.75) is 33.2 Å². The van der Waals surface area contributed by atoms with Gasteiger partial charge in [0.15, 0.2) is 0 Å². The molecule has 5 rings (SSSR count). The number of amides is 2. The van der Waals surface area contributed by atoms with E-state index < -0.39 is 0 Å². The number of carbonyl (C=O) groups excluding carboxylic acids is 1. The summed E-state index contributed by atoms with van der Waals surface area (Å²) in [7, 11) is 1.67. The zero-order chi connectivity index (χ0) is 25.1. The molecule has 3 aromatic rings. The highest BCUT2D eigenvalue weighted by Gasteiger charge is 2.28. The lowest BCUT2D eigenvalue weighted by Gasteiger charge is -2.34. The predicted octanol–water partition coefficient (Wildman–Crippen LogP) is 4.12. The third-order valence-electron chi connectivity index (χ3n) is 6.80. The van der Waals surface area contributed by atoms with Gasteiger partial charge in [0.05, 0.1) is 32.6 Å². The van der Waals surface area contributed by atoms with Gasteiger partial charge in [-0.05, 0) is 43.2 Å². The average Bonchev–Trinajstić information content (AvgIpc) is 2.90. The van der Waals surface area contributed by atoms with Crippen LogP contribution < -0.4 is 15.0 Å². The second-order valence-electron chi connectivity index (χ2n) is 9.44. The van der Waals surface area contributed by atoms with Crippen LogP contribution in [0.2, 0.25) is 0 Å². The summed E-state index contributed by atoms with van der Waals surface area (Å²) in [6.45, 7) is 8.05. The maximum atomic E-state index is 13.2. The van der Waals surface area contributed by atoms with Crippen molar-refractivity contribution in [3.05, 3.63) is 76.2 Å². The molecule has 1 N–H and O–H groups in total. The highest BCUT2D eigenvalue weighted by atomic mass is 16.5. The van der Waals surface area contributed by atoms with Gasteiger partial charge < -0.3 is 24.6 Å². The molecule has 0 spiro atoms. The zero-order valence-electron chi connectivity index (χ0n) is 21.2. The van der Waals surface area contributed by atoms with Crippen LogP contribution >= 0.6 is 0 Å². The largest absolute Gasteiger partial charge is 0.497 e. The second kappa shape index (κ2) is 10.5. The Morgan fingerprint density at radius 3 is 2.69 bits per heavy atom. The van der Waals surface area contributed by atoms with Crippen LogP contribution in [0, 0.1) is 13.8 Å². The van der Waals surface area contributed by atoms with Crippen molar-refractivity contribution in [3.63, 3.8) is 0 Å². The van der Waals surface area contributed by atoms with Crippen LogP contribution in [0.3, 0.4) is 0 Å². The molecule has 2 amide bonds. The van der Waals surface area contributed by atoms with Crippen molar-refractivity contribution < 1.29 is 14.3 Å². The number of rotatable bonds is 5. The number of nitrogens with zero attached hydrogens (tertiary/aromatic N) is 4. The Labute approximate surface area is 212 Å². The molecule has 1 aromatic heterocycles. The van der Waals surface area contributed by atoms with Crippen molar-refractivity contribution in [2.24, 2.45) is 0 Å². The number of methoxy groups -OCH3 is 1. The van der Waals surface area contributed by atoms with Crippen molar-refractivity contribution in [2.75, 3.05) is 50.2 Å². The lowest BCUT2D eigenvalue weighted by atomic mass is 10.0. The van der Waals surface area contributed by atoms with Gasteiger partial charge in [-0.1, -0.05) is 29.8 Å². The molecular formula is C28H33N5O3. The molecule has 1 fully saturated rings. The highest BCUT2D eigenvalue weighted by Crippen LogP contribution is 2.29. The van der Waals surface area contributed by atoms with E-state index >= 15 is 0 Å². The van der Waals surface area contributed by atoms with Crippen LogP contribution in [0.4, 0.5) is 16.3 Å². The lowest BCUT2D eigenvalue weighted by Crippen LogP contribution is -2.42. The Balaban J connectivity index is 1.41. The van der Waals surface area contributed by atoms with Crippen LogP contribution in [0.5, 0.6) is 5.75 Å². The topological polar surface area (TPSA) is 79.8 Å². The van der Waals surface area contributed by atoms with Gasteiger partial charge in [0.25, 0.3) is 0 Å². The van der Waals surface area contributed by atoms with Gasteiger partial charge in [0.1, 0.15) is 17.4 Å². The third kappa shape index (κ3) is 5.28. The first-order chi connectivity index (χ1) is 17.5. The maximum absolute atomic E-state index is 13.2. The molecule has 36 heavy (non-hydrogen) atoms. The Kier molecular flexibility index (Phi) is 7.04. The van der Waals surface area contributed by atoms with Crippen molar-refractivity contribution in [1.29, 1.82) is 0 Å². The van der Waals surface area contributed by atoms with E-state index in [0.29, 0.717) is 39.1 Å². The van der Waals surface area contributed by atoms with E-state index in [-0.39, 0.29) is 6.03 Å². The number of nitrogens with one attached hydrogen (secondary N) is 1. The van der Waals surface area contributed by atoms with E-state index in [1.807, 2.05) is 42.2 Å². The van der Waals surface area contributed by atoms with E-state index in [2.05, 4.69) is 29.3 Å². The molecule has 188 valence electrons. The molecule has 1 saturated heterocycles. The fourth-order valence-corrected chi connectivity index (χ4v) is 4.85. The molecule has 8 nitrogen and oxygen atoms in total. The lowest BCUT2D eigenvalue weighted by molar-refractivity contribution is 0.122. The number of fused-ring (bicyclic) bond motifs is 1. The van der Waals surface area contributed by atoms with Gasteiger partial charge in [-0.25, -0.2) is 14.8 Å². The molecule has 0 radical (unpaired) electrons. The molecule has 2 aromatic carbocycles. The number of morpholine rings is 1. The number of ether oxygens (including phenoxy) is 2. The van der Waals surface area contributed by atoms with Gasteiger partial charge >= 0.3 is 6.03 Å². The number of carbonyl (C=O) groups is 1. The summed E-state index contributed by atoms with van der Waals surface area (Å²) in [5.74, 6) is 2.53. The molecule has 0 saturated carbocycles. The first-order valence-corrected chi connectivity index (χ1v) is 12.5. The van der Waals surface area contributed by atoms with Crippen molar-refractivity contribution >= 4 is 17.5 Å². The summed E-state index contributed by atoms with van der Waals surface area (Å²) in [5.41, 5.74) is 6.24. The van der Waals surface area contributed by atoms with Crippen LogP contribution in [-0.4, -0.2) is 60.9 Å². The molecule has 8 heteroatoms. The molecule has 0 unspecified atom stereocenters. The molecule has 0 atom stereocenters. The predicted molar refractivity (Wildman–Crippen MR) is 140 cm³/mol. The van der Waals surface area contributed by atoms with Crippen molar-refractivity contribution in [1.82, 2.24) is 14.9 Å². The first-order valence-electron chi connectivity index (χ1n) is 12.5. The number of aryl methyl sites for hydroxylation is 2. The minimum Gasteiger partial charge on any atom is -0.497 e. The van der Waals surface area contributed by atoms with E-state index in [1.54, 1.807) is 7.11 Å². The Morgan fingerprint density at radius 1 is 1.08 bits per heavy atom. The van der Waals surface area contributed by atoms with Crippen molar-refractivity contribution in [3.8, 4) is 5.75 Å². The molecular weight excluding hydrogens is 454 g/mol. The van der Waals surface area contributed by atoms with Gasteiger partial charge in [0, 0.05) is 43.7 Å². The Morgan fingerprint density at radius 2 is 1.92 bits per heavy atom. The number of aromatic nitrogens is 2. The molecule has 0 bridgehead atoms. The van der Waals surface area contributed by atoms with Gasteiger partial charge in [-0.3, -0.25) is 0 Å². The zero-order valence-corrected chi connectivity index (χ0v) is 21.2. The summed E-state index contributed by atoms with van der Waals surface area (Å²) in [6.07, 6.45) is 1.32. The first kappa shape index (κ1) is 24.1. The Bertz CT molecular complexity index is 1260. The summed E-state index contributed by atoms with van der Waals surface area (Å²) in [5, 5.41) is 3.09. The Hall–Kier alpha value is -3.65. The van der Waals surface area contributed by atoms with Crippen LogP contribution in [0.1, 0.15) is 33.8 Å². The molecule has 0 aliphatic carbocycles. The summed E-state index contributed by atoms with van der Waals surface area (Å²) < 4.78 is 11.0. The van der Waals surface area contributed by atoms with Crippen LogP contribution in [0.25, 0.3) is 0 Å². The standard InChI is InChI=1S/C28H33N5O3/c1-19-7-8-24(20(2)15-19)30-28(34)33-10-9-25-23(18-33)27(32-11-13-36-14-12-32)31-26(29-25)17-21-5-4-6-22(16-21)35-3/h4-8,15-16H,9-14,17-18H2,1-3H3,(H,30,34). The van der Waals surface area contributed by atoms with E-state index in [0.717, 1.165) is 58.6 Å². The molecule has 2 aliphatic heterocycles. The number of hydrogen-bond acceptors (Lipinski definition) is 6. The monoisotopic (exact) mass is 487 g/mol. The average molecular weight is 488 g/mol. The summed E-state index contributed by atoms with van der Waals surface area (Å²) in [4.78, 5) is 27.3. The van der Waals surface area contributed by atoms with E-state index in [9.17, 15) is 4.79 Å². The number of benzene rings is 2. The quantitative estimate of drug-likeness (QED) is 0.583. The highest BCUT2D eigenvalue weighted by molar-refractivity contribution is 5.90. The second-order valence-corrected chi connectivity index (χ2v) is 9.44. The summed E-state index contributed by atoms with van der Waals surface area (Å²) in [6, 6.07) is 14.0. The number of hydrogen-bond donors (Lipinski definition) is 1. The molecule has 2 aliphatic rings. The van der Waals surface area contributed by atoms with Gasteiger partial charge in [-0.15, -0.1) is 0 Å². The normalized spacial score (nSPS) is 15.4. The van der Waals surface area contributed by atoms with E-state index in [1.165, 1.54) is 5.56 Å². The number of urea groups is 1. The van der Waals surface area contributed by atoms with Crippen LogP contribution in [-0.2, 0) is 24.1 Å². The smallest absolute Gasteiger partial charge is 0.322 e. The number of anilines is 2. The fraction of sp³-hybridized carbons (Fsp3) is 0.393. The maximum Gasteiger partial charge on any atom is 0.322 e. The minimum atomic E-state index is -0.0963. The van der Waals surface area contributed by atoms with E-state index in [4.69, 9.17) is 19.4 Å². The SMILES string of the molecule is COc1cccc(Cc2nc3c(c(N4CCOCC4)n2)CN(C(=O)Nc2ccc(C)cc2C)CC3)c1. The fourth-order valence-electron chi connectivity index (χ4n) is 4.85. The summed E-state index contributed by atoms with van der Waals surface area (Å²) >= 11 is 0. The van der Waals surface area contributed by atoms with Crippen LogP contribution in [0.15, 0.2) is 42.5 Å². The van der Waals surface area contributed by atoms with Gasteiger partial charge in [0.2, 0.25) is 0 Å². The minimum absolute atomic E-state index is 0.0963. The van der Waals surface area contributed by atoms with Gasteiger partial charge in [-0.2, -0.15) is 0 Å².